The number of carbonyl (C=O) groups is 1. The molecule has 0 atom stereocenters. The van der Waals surface area contributed by atoms with E-state index in [1.807, 2.05) is 0 Å². The Morgan fingerprint density at radius 3 is 2.65 bits per heavy atom. The predicted octanol–water partition coefficient (Wildman–Crippen LogP) is 4.34. The molecule has 0 aromatic heterocycles. The van der Waals surface area contributed by atoms with Gasteiger partial charge in [-0.25, -0.2) is 9.18 Å². The van der Waals surface area contributed by atoms with E-state index in [1.165, 1.54) is 18.2 Å². The standard InChI is InChI=1S/C14H9Br2FO3/c15-9-4-5-13(12(16)6-9)20-14(18)8-19-11-3-1-2-10(17)7-11/h1-7H,8H2. The van der Waals surface area contributed by atoms with E-state index in [-0.39, 0.29) is 12.4 Å². The highest BCUT2D eigenvalue weighted by molar-refractivity contribution is 9.11. The molecular weight excluding hydrogens is 395 g/mol. The lowest BCUT2D eigenvalue weighted by atomic mass is 10.3. The zero-order chi connectivity index (χ0) is 14.5. The Morgan fingerprint density at radius 2 is 1.95 bits per heavy atom. The highest BCUT2D eigenvalue weighted by atomic mass is 79.9. The van der Waals surface area contributed by atoms with Gasteiger partial charge in [-0.05, 0) is 46.3 Å². The smallest absolute Gasteiger partial charge is 0.349 e. The molecule has 0 aliphatic heterocycles. The molecule has 104 valence electrons. The Labute approximate surface area is 132 Å². The molecule has 0 heterocycles. The first kappa shape index (κ1) is 15.0. The summed E-state index contributed by atoms with van der Waals surface area (Å²) in [4.78, 5) is 11.6. The van der Waals surface area contributed by atoms with Gasteiger partial charge in [0.15, 0.2) is 6.61 Å². The van der Waals surface area contributed by atoms with Crippen LogP contribution in [0.15, 0.2) is 51.4 Å². The number of esters is 1. The summed E-state index contributed by atoms with van der Waals surface area (Å²) in [6.07, 6.45) is 0. The average Bonchev–Trinajstić information content (AvgIpc) is 2.40. The third-order valence-corrected chi connectivity index (χ3v) is 3.38. The average molecular weight is 404 g/mol. The second kappa shape index (κ2) is 6.85. The van der Waals surface area contributed by atoms with Crippen molar-refractivity contribution in [2.75, 3.05) is 6.61 Å². The summed E-state index contributed by atoms with van der Waals surface area (Å²) in [7, 11) is 0. The maximum absolute atomic E-state index is 12.9. The van der Waals surface area contributed by atoms with Gasteiger partial charge in [-0.15, -0.1) is 0 Å². The molecule has 2 aromatic rings. The highest BCUT2D eigenvalue weighted by Crippen LogP contribution is 2.28. The minimum atomic E-state index is -0.572. The normalized spacial score (nSPS) is 10.2. The van der Waals surface area contributed by atoms with E-state index >= 15 is 0 Å². The van der Waals surface area contributed by atoms with Crippen molar-refractivity contribution in [3.63, 3.8) is 0 Å². The Bertz CT molecular complexity index is 632. The molecule has 0 amide bonds. The number of halogens is 3. The van der Waals surface area contributed by atoms with Crippen LogP contribution < -0.4 is 9.47 Å². The predicted molar refractivity (Wildman–Crippen MR) is 79.4 cm³/mol. The van der Waals surface area contributed by atoms with Crippen molar-refractivity contribution in [2.24, 2.45) is 0 Å². The lowest BCUT2D eigenvalue weighted by Crippen LogP contribution is -2.17. The Kier molecular flexibility index (Phi) is 5.14. The first-order valence-corrected chi connectivity index (χ1v) is 7.17. The van der Waals surface area contributed by atoms with E-state index in [2.05, 4.69) is 31.9 Å². The van der Waals surface area contributed by atoms with E-state index in [4.69, 9.17) is 9.47 Å². The summed E-state index contributed by atoms with van der Waals surface area (Å²) in [5, 5.41) is 0. The second-order valence-electron chi connectivity index (χ2n) is 3.79. The van der Waals surface area contributed by atoms with Crippen molar-refractivity contribution < 1.29 is 18.7 Å². The van der Waals surface area contributed by atoms with E-state index < -0.39 is 11.8 Å². The molecule has 0 fully saturated rings. The number of hydrogen-bond acceptors (Lipinski definition) is 3. The molecule has 0 aliphatic carbocycles. The molecule has 3 nitrogen and oxygen atoms in total. The van der Waals surface area contributed by atoms with Gasteiger partial charge in [-0.2, -0.15) is 0 Å². The van der Waals surface area contributed by atoms with Gasteiger partial charge >= 0.3 is 5.97 Å². The summed E-state index contributed by atoms with van der Waals surface area (Å²) in [6.45, 7) is -0.300. The zero-order valence-corrected chi connectivity index (χ0v) is 13.3. The number of hydrogen-bond donors (Lipinski definition) is 0. The third-order valence-electron chi connectivity index (χ3n) is 2.27. The molecule has 20 heavy (non-hydrogen) atoms. The lowest BCUT2D eigenvalue weighted by molar-refractivity contribution is -0.136. The second-order valence-corrected chi connectivity index (χ2v) is 5.56. The fraction of sp³-hybridized carbons (Fsp3) is 0.0714. The van der Waals surface area contributed by atoms with E-state index in [0.29, 0.717) is 10.2 Å². The van der Waals surface area contributed by atoms with Crippen LogP contribution in [0, 0.1) is 5.82 Å². The monoisotopic (exact) mass is 402 g/mol. The number of ether oxygens (including phenoxy) is 2. The van der Waals surface area contributed by atoms with Gasteiger partial charge in [-0.1, -0.05) is 22.0 Å². The van der Waals surface area contributed by atoms with Crippen molar-refractivity contribution in [1.82, 2.24) is 0 Å². The minimum absolute atomic E-state index is 0.275. The first-order valence-electron chi connectivity index (χ1n) is 5.59. The van der Waals surface area contributed by atoms with Gasteiger partial charge < -0.3 is 9.47 Å². The largest absolute Gasteiger partial charge is 0.482 e. The minimum Gasteiger partial charge on any atom is -0.482 e. The fourth-order valence-corrected chi connectivity index (χ4v) is 2.54. The van der Waals surface area contributed by atoms with Crippen LogP contribution in [0.3, 0.4) is 0 Å². The van der Waals surface area contributed by atoms with Gasteiger partial charge in [0, 0.05) is 10.5 Å². The lowest BCUT2D eigenvalue weighted by Gasteiger charge is -2.08. The van der Waals surface area contributed by atoms with Crippen LogP contribution in [0.1, 0.15) is 0 Å². The third kappa shape index (κ3) is 4.31. The molecular formula is C14H9Br2FO3. The number of rotatable bonds is 4. The molecule has 0 N–H and O–H groups in total. The van der Waals surface area contributed by atoms with Crippen LogP contribution in [0.25, 0.3) is 0 Å². The Hall–Kier alpha value is -1.40. The summed E-state index contributed by atoms with van der Waals surface area (Å²) in [5.41, 5.74) is 0. The molecule has 0 spiro atoms. The van der Waals surface area contributed by atoms with Crippen LogP contribution in [0.2, 0.25) is 0 Å². The quantitative estimate of drug-likeness (QED) is 0.562. The van der Waals surface area contributed by atoms with Crippen LogP contribution in [0.5, 0.6) is 11.5 Å². The number of benzene rings is 2. The summed E-state index contributed by atoms with van der Waals surface area (Å²) in [5.74, 6) is -0.332. The van der Waals surface area contributed by atoms with Gasteiger partial charge in [0.2, 0.25) is 0 Å². The zero-order valence-electron chi connectivity index (χ0n) is 10.1. The summed E-state index contributed by atoms with van der Waals surface area (Å²) >= 11 is 6.58. The summed E-state index contributed by atoms with van der Waals surface area (Å²) < 4.78 is 24.7. The molecule has 2 aromatic carbocycles. The fourth-order valence-electron chi connectivity index (χ4n) is 1.41. The Balaban J connectivity index is 1.92. The van der Waals surface area contributed by atoms with Crippen molar-refractivity contribution in [3.05, 3.63) is 57.2 Å². The first-order chi connectivity index (χ1) is 9.54. The van der Waals surface area contributed by atoms with Crippen LogP contribution in [-0.2, 0) is 4.79 Å². The van der Waals surface area contributed by atoms with Crippen LogP contribution in [-0.4, -0.2) is 12.6 Å². The number of carbonyl (C=O) groups excluding carboxylic acids is 1. The maximum atomic E-state index is 12.9. The molecule has 0 radical (unpaired) electrons. The van der Waals surface area contributed by atoms with Gasteiger partial charge in [-0.3, -0.25) is 0 Å². The van der Waals surface area contributed by atoms with Crippen molar-refractivity contribution in [3.8, 4) is 11.5 Å². The molecule has 6 heteroatoms. The molecule has 0 bridgehead atoms. The highest BCUT2D eigenvalue weighted by Gasteiger charge is 2.09. The van der Waals surface area contributed by atoms with Crippen LogP contribution >= 0.6 is 31.9 Å². The van der Waals surface area contributed by atoms with Gasteiger partial charge in [0.25, 0.3) is 0 Å². The van der Waals surface area contributed by atoms with E-state index in [0.717, 1.165) is 4.47 Å². The van der Waals surface area contributed by atoms with Gasteiger partial charge in [0.05, 0.1) is 4.47 Å². The topological polar surface area (TPSA) is 35.5 Å². The molecule has 0 unspecified atom stereocenters. The molecule has 0 saturated carbocycles. The SMILES string of the molecule is O=C(COc1cccc(F)c1)Oc1ccc(Br)cc1Br. The van der Waals surface area contributed by atoms with Crippen LogP contribution in [0.4, 0.5) is 4.39 Å². The maximum Gasteiger partial charge on any atom is 0.349 e. The molecule has 0 saturated heterocycles. The van der Waals surface area contributed by atoms with E-state index in [9.17, 15) is 9.18 Å². The van der Waals surface area contributed by atoms with Crippen molar-refractivity contribution in [2.45, 2.75) is 0 Å². The van der Waals surface area contributed by atoms with Crippen molar-refractivity contribution >= 4 is 37.8 Å². The molecule has 0 aliphatic rings. The van der Waals surface area contributed by atoms with Crippen molar-refractivity contribution in [1.29, 1.82) is 0 Å². The molecule has 2 rings (SSSR count). The van der Waals surface area contributed by atoms with Gasteiger partial charge in [0.1, 0.15) is 17.3 Å². The summed E-state index contributed by atoms with van der Waals surface area (Å²) in [6, 6.07) is 10.7. The Morgan fingerprint density at radius 1 is 1.15 bits per heavy atom. The van der Waals surface area contributed by atoms with E-state index in [1.54, 1.807) is 24.3 Å².